The second-order valence-electron chi connectivity index (χ2n) is 9.42. The number of para-hydroxylation sites is 1. The summed E-state index contributed by atoms with van der Waals surface area (Å²) >= 11 is 9.71. The van der Waals surface area contributed by atoms with E-state index in [-0.39, 0.29) is 31.0 Å². The fourth-order valence-corrected chi connectivity index (χ4v) is 5.12. The Bertz CT molecular complexity index is 1170. The lowest BCUT2D eigenvalue weighted by Crippen LogP contribution is -2.53. The number of nitrogens with one attached hydrogen (secondary N) is 1. The van der Waals surface area contributed by atoms with E-state index in [1.54, 1.807) is 23.1 Å². The Morgan fingerprint density at radius 3 is 2.30 bits per heavy atom. The number of halogens is 2. The largest absolute Gasteiger partial charge is 0.482 e. The van der Waals surface area contributed by atoms with E-state index in [2.05, 4.69) is 21.2 Å². The van der Waals surface area contributed by atoms with Crippen LogP contribution in [0.1, 0.15) is 43.2 Å². The van der Waals surface area contributed by atoms with Crippen LogP contribution in [0, 0.1) is 0 Å². The second kappa shape index (κ2) is 13.6. The number of carbonyl (C=O) groups is 2. The SMILES string of the molecule is O=C(NC1CCCCC1)[C@H](Cc1ccccc1)N(Cc1ccc(Br)cc1)C(=O)COc1ccccc1Cl. The maximum absolute atomic E-state index is 13.8. The van der Waals surface area contributed by atoms with E-state index in [4.69, 9.17) is 16.3 Å². The molecule has 4 rings (SSSR count). The highest BCUT2D eigenvalue weighted by atomic mass is 79.9. The third-order valence-electron chi connectivity index (χ3n) is 6.68. The normalized spacial score (nSPS) is 14.5. The van der Waals surface area contributed by atoms with Crippen molar-refractivity contribution < 1.29 is 14.3 Å². The fraction of sp³-hybridized carbons (Fsp3) is 0.333. The first-order chi connectivity index (χ1) is 18.0. The van der Waals surface area contributed by atoms with E-state index in [1.165, 1.54) is 6.42 Å². The molecule has 1 atom stereocenters. The quantitative estimate of drug-likeness (QED) is 0.294. The Morgan fingerprint density at radius 2 is 1.59 bits per heavy atom. The molecule has 194 valence electrons. The zero-order valence-corrected chi connectivity index (χ0v) is 23.1. The Morgan fingerprint density at radius 1 is 0.919 bits per heavy atom. The van der Waals surface area contributed by atoms with Crippen LogP contribution < -0.4 is 10.1 Å². The van der Waals surface area contributed by atoms with E-state index in [9.17, 15) is 9.59 Å². The lowest BCUT2D eigenvalue weighted by molar-refractivity contribution is -0.143. The molecule has 7 heteroatoms. The van der Waals surface area contributed by atoms with Crippen molar-refractivity contribution in [2.45, 2.75) is 57.2 Å². The average Bonchev–Trinajstić information content (AvgIpc) is 2.92. The van der Waals surface area contributed by atoms with Crippen molar-refractivity contribution in [1.29, 1.82) is 0 Å². The minimum atomic E-state index is -0.685. The molecule has 0 unspecified atom stereocenters. The van der Waals surface area contributed by atoms with E-state index >= 15 is 0 Å². The summed E-state index contributed by atoms with van der Waals surface area (Å²) in [5.41, 5.74) is 1.92. The third kappa shape index (κ3) is 8.08. The molecule has 5 nitrogen and oxygen atoms in total. The highest BCUT2D eigenvalue weighted by Crippen LogP contribution is 2.24. The van der Waals surface area contributed by atoms with Crippen LogP contribution in [0.25, 0.3) is 0 Å². The lowest BCUT2D eigenvalue weighted by Gasteiger charge is -2.33. The van der Waals surface area contributed by atoms with Crippen molar-refractivity contribution in [2.24, 2.45) is 0 Å². The van der Waals surface area contributed by atoms with Crippen molar-refractivity contribution in [1.82, 2.24) is 10.2 Å². The molecule has 1 aliphatic carbocycles. The first-order valence-corrected chi connectivity index (χ1v) is 13.9. The zero-order chi connectivity index (χ0) is 26.0. The summed E-state index contributed by atoms with van der Waals surface area (Å²) in [6.45, 7) is 0.0653. The van der Waals surface area contributed by atoms with Gasteiger partial charge in [0.2, 0.25) is 5.91 Å². The van der Waals surface area contributed by atoms with Crippen LogP contribution in [0.15, 0.2) is 83.3 Å². The first-order valence-electron chi connectivity index (χ1n) is 12.7. The average molecular weight is 584 g/mol. The minimum absolute atomic E-state index is 0.126. The summed E-state index contributed by atoms with van der Waals surface area (Å²) in [5.74, 6) is 0.0360. The molecule has 1 N–H and O–H groups in total. The van der Waals surface area contributed by atoms with Gasteiger partial charge in [-0.1, -0.05) is 101 Å². The minimum Gasteiger partial charge on any atom is -0.482 e. The number of hydrogen-bond donors (Lipinski definition) is 1. The van der Waals surface area contributed by atoms with Gasteiger partial charge in [0.15, 0.2) is 6.61 Å². The maximum Gasteiger partial charge on any atom is 0.261 e. The van der Waals surface area contributed by atoms with Crippen molar-refractivity contribution >= 4 is 39.3 Å². The molecule has 0 radical (unpaired) electrons. The number of benzene rings is 3. The van der Waals surface area contributed by atoms with Gasteiger partial charge in [0, 0.05) is 23.5 Å². The van der Waals surface area contributed by atoms with Gasteiger partial charge in [0.05, 0.1) is 5.02 Å². The Labute approximate surface area is 232 Å². The van der Waals surface area contributed by atoms with Crippen molar-refractivity contribution in [3.8, 4) is 5.75 Å². The van der Waals surface area contributed by atoms with E-state index < -0.39 is 6.04 Å². The number of carbonyl (C=O) groups excluding carboxylic acids is 2. The molecule has 3 aromatic rings. The molecule has 1 saturated carbocycles. The fourth-order valence-electron chi connectivity index (χ4n) is 4.67. The first kappa shape index (κ1) is 27.2. The summed E-state index contributed by atoms with van der Waals surface area (Å²) in [5, 5.41) is 3.69. The predicted molar refractivity (Wildman–Crippen MR) is 151 cm³/mol. The van der Waals surface area contributed by atoms with Crippen LogP contribution in [0.2, 0.25) is 5.02 Å². The summed E-state index contributed by atoms with van der Waals surface area (Å²) in [6.07, 6.45) is 5.78. The molecule has 0 bridgehead atoms. The summed E-state index contributed by atoms with van der Waals surface area (Å²) in [4.78, 5) is 29.1. The van der Waals surface area contributed by atoms with E-state index in [0.29, 0.717) is 17.2 Å². The number of rotatable bonds is 10. The van der Waals surface area contributed by atoms with Crippen LogP contribution >= 0.6 is 27.5 Å². The monoisotopic (exact) mass is 582 g/mol. The molecule has 0 spiro atoms. The van der Waals surface area contributed by atoms with Crippen LogP contribution in [-0.4, -0.2) is 35.4 Å². The molecule has 2 amide bonds. The van der Waals surface area contributed by atoms with Crippen LogP contribution in [-0.2, 0) is 22.6 Å². The molecular formula is C30H32BrClN2O3. The summed E-state index contributed by atoms with van der Waals surface area (Å²) in [6, 6.07) is 24.1. The van der Waals surface area contributed by atoms with Crippen LogP contribution in [0.5, 0.6) is 5.75 Å². The molecule has 0 aliphatic heterocycles. The van der Waals surface area contributed by atoms with Crippen LogP contribution in [0.4, 0.5) is 0 Å². The summed E-state index contributed by atoms with van der Waals surface area (Å²) < 4.78 is 6.76. The van der Waals surface area contributed by atoms with Gasteiger partial charge in [0.25, 0.3) is 5.91 Å². The van der Waals surface area contributed by atoms with Crippen molar-refractivity contribution in [3.05, 3.63) is 99.5 Å². The number of ether oxygens (including phenoxy) is 1. The topological polar surface area (TPSA) is 58.6 Å². The van der Waals surface area contributed by atoms with Crippen molar-refractivity contribution in [2.75, 3.05) is 6.61 Å². The van der Waals surface area contributed by atoms with E-state index in [1.807, 2.05) is 60.7 Å². The highest BCUT2D eigenvalue weighted by Gasteiger charge is 2.32. The lowest BCUT2D eigenvalue weighted by atomic mass is 9.94. The number of nitrogens with zero attached hydrogens (tertiary/aromatic N) is 1. The Balaban J connectivity index is 1.61. The van der Waals surface area contributed by atoms with Gasteiger partial charge in [-0.05, 0) is 48.2 Å². The standard InChI is InChI=1S/C30H32BrClN2O3/c31-24-17-15-23(16-18-24)20-34(29(35)21-37-28-14-8-7-13-26(28)32)27(19-22-9-3-1-4-10-22)30(36)33-25-11-5-2-6-12-25/h1,3-4,7-10,13-18,25,27H,2,5-6,11-12,19-21H2,(H,33,36)/t27-/m0/s1. The van der Waals surface area contributed by atoms with Gasteiger partial charge < -0.3 is 15.0 Å². The van der Waals surface area contributed by atoms with Gasteiger partial charge >= 0.3 is 0 Å². The number of amides is 2. The van der Waals surface area contributed by atoms with Gasteiger partial charge in [-0.25, -0.2) is 0 Å². The van der Waals surface area contributed by atoms with Crippen molar-refractivity contribution in [3.63, 3.8) is 0 Å². The van der Waals surface area contributed by atoms with E-state index in [0.717, 1.165) is 41.3 Å². The maximum atomic E-state index is 13.8. The Hall–Kier alpha value is -2.83. The second-order valence-corrected chi connectivity index (χ2v) is 10.7. The van der Waals surface area contributed by atoms with Crippen LogP contribution in [0.3, 0.4) is 0 Å². The predicted octanol–water partition coefficient (Wildman–Crippen LogP) is 6.57. The van der Waals surface area contributed by atoms with Gasteiger partial charge in [0.1, 0.15) is 11.8 Å². The zero-order valence-electron chi connectivity index (χ0n) is 20.7. The third-order valence-corrected chi connectivity index (χ3v) is 7.52. The molecule has 0 aromatic heterocycles. The highest BCUT2D eigenvalue weighted by molar-refractivity contribution is 9.10. The molecule has 0 saturated heterocycles. The molecule has 3 aromatic carbocycles. The molecule has 37 heavy (non-hydrogen) atoms. The van der Waals surface area contributed by atoms with Gasteiger partial charge in [-0.3, -0.25) is 9.59 Å². The summed E-state index contributed by atoms with van der Waals surface area (Å²) in [7, 11) is 0. The Kier molecular flexibility index (Phi) is 10.0. The molecule has 1 aliphatic rings. The molecule has 0 heterocycles. The number of hydrogen-bond acceptors (Lipinski definition) is 3. The van der Waals surface area contributed by atoms with Gasteiger partial charge in [-0.15, -0.1) is 0 Å². The van der Waals surface area contributed by atoms with Gasteiger partial charge in [-0.2, -0.15) is 0 Å². The molecule has 1 fully saturated rings. The smallest absolute Gasteiger partial charge is 0.261 e. The molecular weight excluding hydrogens is 552 g/mol.